The van der Waals surface area contributed by atoms with E-state index in [4.69, 9.17) is 17.2 Å². The molecule has 0 radical (unpaired) electrons. The van der Waals surface area contributed by atoms with Crippen LogP contribution in [0.4, 0.5) is 11.5 Å². The lowest BCUT2D eigenvalue weighted by molar-refractivity contribution is 0.380. The number of hydrogen-bond donors (Lipinski definition) is 3. The van der Waals surface area contributed by atoms with Gasteiger partial charge in [-0.25, -0.2) is 4.68 Å². The third-order valence-corrected chi connectivity index (χ3v) is 2.49. The summed E-state index contributed by atoms with van der Waals surface area (Å²) in [4.78, 5) is 0. The minimum absolute atomic E-state index is 0.151. The Hall–Kier alpha value is -1.23. The summed E-state index contributed by atoms with van der Waals surface area (Å²) in [5.74, 6) is 0.539. The Morgan fingerprint density at radius 1 is 1.47 bits per heavy atom. The highest BCUT2D eigenvalue weighted by atomic mass is 15.3. The fourth-order valence-corrected chi connectivity index (χ4v) is 1.44. The van der Waals surface area contributed by atoms with Crippen molar-refractivity contribution in [3.8, 4) is 0 Å². The molecule has 0 spiro atoms. The number of nitrogens with zero attached hydrogens (tertiary/aromatic N) is 2. The molecular formula is C10H21N5. The maximum atomic E-state index is 5.92. The van der Waals surface area contributed by atoms with Crippen molar-refractivity contribution in [3.63, 3.8) is 0 Å². The quantitative estimate of drug-likeness (QED) is 0.695. The summed E-state index contributed by atoms with van der Waals surface area (Å²) in [6.07, 6.45) is 3.45. The number of hydrogen-bond acceptors (Lipinski definition) is 4. The van der Waals surface area contributed by atoms with Crippen LogP contribution in [0.2, 0.25) is 0 Å². The van der Waals surface area contributed by atoms with Gasteiger partial charge in [-0.1, -0.05) is 0 Å². The lowest BCUT2D eigenvalue weighted by Crippen LogP contribution is -2.32. The number of rotatable bonds is 4. The fraction of sp³-hybridized carbons (Fsp3) is 0.700. The van der Waals surface area contributed by atoms with Gasteiger partial charge in [-0.2, -0.15) is 5.10 Å². The molecule has 1 rings (SSSR count). The molecule has 1 atom stereocenters. The molecule has 5 heteroatoms. The molecule has 0 aliphatic carbocycles. The van der Waals surface area contributed by atoms with Gasteiger partial charge in [0, 0.05) is 5.54 Å². The molecule has 0 amide bonds. The van der Waals surface area contributed by atoms with Gasteiger partial charge >= 0.3 is 0 Å². The Labute approximate surface area is 90.6 Å². The Morgan fingerprint density at radius 3 is 2.47 bits per heavy atom. The van der Waals surface area contributed by atoms with Gasteiger partial charge in [0.2, 0.25) is 0 Å². The van der Waals surface area contributed by atoms with E-state index in [9.17, 15) is 0 Å². The normalized spacial score (nSPS) is 14.1. The van der Waals surface area contributed by atoms with Crippen molar-refractivity contribution in [3.05, 3.63) is 6.20 Å². The van der Waals surface area contributed by atoms with Gasteiger partial charge in [0.15, 0.2) is 0 Å². The van der Waals surface area contributed by atoms with Gasteiger partial charge in [-0.15, -0.1) is 0 Å². The Kier molecular flexibility index (Phi) is 3.24. The minimum Gasteiger partial charge on any atom is -0.394 e. The highest BCUT2D eigenvalue weighted by Crippen LogP contribution is 2.23. The van der Waals surface area contributed by atoms with E-state index in [0.29, 0.717) is 11.5 Å². The van der Waals surface area contributed by atoms with Crippen LogP contribution in [0.3, 0.4) is 0 Å². The van der Waals surface area contributed by atoms with Crippen LogP contribution >= 0.6 is 0 Å². The Morgan fingerprint density at radius 2 is 2.07 bits per heavy atom. The first-order chi connectivity index (χ1) is 6.81. The molecule has 86 valence electrons. The van der Waals surface area contributed by atoms with E-state index >= 15 is 0 Å². The molecule has 0 aliphatic heterocycles. The first kappa shape index (κ1) is 11.8. The topological polar surface area (TPSA) is 95.9 Å². The van der Waals surface area contributed by atoms with Gasteiger partial charge in [0.1, 0.15) is 5.82 Å². The minimum atomic E-state index is -0.151. The van der Waals surface area contributed by atoms with E-state index in [-0.39, 0.29) is 11.6 Å². The summed E-state index contributed by atoms with van der Waals surface area (Å²) in [5, 5.41) is 4.14. The van der Waals surface area contributed by atoms with Crippen molar-refractivity contribution in [1.82, 2.24) is 9.78 Å². The van der Waals surface area contributed by atoms with Crippen molar-refractivity contribution in [2.75, 3.05) is 11.5 Å². The largest absolute Gasteiger partial charge is 0.394 e. The summed E-state index contributed by atoms with van der Waals surface area (Å²) in [5.41, 5.74) is 17.7. The number of nitrogens with two attached hydrogens (primary N) is 3. The average Bonchev–Trinajstić information content (AvgIpc) is 2.43. The monoisotopic (exact) mass is 211 g/mol. The summed E-state index contributed by atoms with van der Waals surface area (Å²) < 4.78 is 1.75. The maximum Gasteiger partial charge on any atom is 0.145 e. The van der Waals surface area contributed by atoms with Crippen LogP contribution < -0.4 is 17.2 Å². The van der Waals surface area contributed by atoms with E-state index < -0.39 is 0 Å². The SMILES string of the molecule is CC(CCC(C)(C)N)n1ncc(N)c1N. The molecule has 0 aliphatic rings. The fourth-order valence-electron chi connectivity index (χ4n) is 1.44. The summed E-state index contributed by atoms with van der Waals surface area (Å²) in [6, 6.07) is 0.227. The second kappa shape index (κ2) is 4.10. The van der Waals surface area contributed by atoms with Crippen LogP contribution in [-0.2, 0) is 0 Å². The lowest BCUT2D eigenvalue weighted by Gasteiger charge is -2.21. The van der Waals surface area contributed by atoms with Crippen LogP contribution in [0.25, 0.3) is 0 Å². The van der Waals surface area contributed by atoms with Gasteiger partial charge in [0.05, 0.1) is 17.9 Å². The molecule has 0 aromatic carbocycles. The van der Waals surface area contributed by atoms with Crippen molar-refractivity contribution < 1.29 is 0 Å². The highest BCUT2D eigenvalue weighted by Gasteiger charge is 2.16. The van der Waals surface area contributed by atoms with E-state index in [0.717, 1.165) is 12.8 Å². The van der Waals surface area contributed by atoms with Crippen LogP contribution in [-0.4, -0.2) is 15.3 Å². The van der Waals surface area contributed by atoms with Crippen LogP contribution in [0, 0.1) is 0 Å². The van der Waals surface area contributed by atoms with E-state index in [1.54, 1.807) is 10.9 Å². The molecule has 0 saturated carbocycles. The molecule has 0 bridgehead atoms. The zero-order valence-corrected chi connectivity index (χ0v) is 9.70. The zero-order chi connectivity index (χ0) is 11.6. The summed E-state index contributed by atoms with van der Waals surface area (Å²) in [6.45, 7) is 6.09. The Bertz CT molecular complexity index is 323. The summed E-state index contributed by atoms with van der Waals surface area (Å²) in [7, 11) is 0. The lowest BCUT2D eigenvalue weighted by atomic mass is 9.97. The molecule has 1 aromatic rings. The van der Waals surface area contributed by atoms with E-state index in [2.05, 4.69) is 12.0 Å². The van der Waals surface area contributed by atoms with Crippen LogP contribution in [0.1, 0.15) is 39.7 Å². The van der Waals surface area contributed by atoms with E-state index in [1.165, 1.54) is 0 Å². The average molecular weight is 211 g/mol. The molecule has 15 heavy (non-hydrogen) atoms. The molecule has 5 nitrogen and oxygen atoms in total. The first-order valence-corrected chi connectivity index (χ1v) is 5.18. The molecule has 0 saturated heterocycles. The Balaban J connectivity index is 2.62. The van der Waals surface area contributed by atoms with Gasteiger partial charge in [0.25, 0.3) is 0 Å². The van der Waals surface area contributed by atoms with Gasteiger partial charge in [-0.3, -0.25) is 0 Å². The predicted octanol–water partition coefficient (Wildman–Crippen LogP) is 1.13. The molecule has 0 fully saturated rings. The standard InChI is InChI=1S/C10H21N5/c1-7(4-5-10(2,3)13)15-9(12)8(11)6-14-15/h6-7H,4-5,11-13H2,1-3H3. The smallest absolute Gasteiger partial charge is 0.145 e. The summed E-state index contributed by atoms with van der Waals surface area (Å²) >= 11 is 0. The first-order valence-electron chi connectivity index (χ1n) is 5.18. The third-order valence-electron chi connectivity index (χ3n) is 2.49. The van der Waals surface area contributed by atoms with Crippen LogP contribution in [0.15, 0.2) is 6.20 Å². The molecule has 6 N–H and O–H groups in total. The molecule has 1 heterocycles. The molecule has 1 aromatic heterocycles. The maximum absolute atomic E-state index is 5.92. The van der Waals surface area contributed by atoms with Crippen LogP contribution in [0.5, 0.6) is 0 Å². The van der Waals surface area contributed by atoms with Crippen molar-refractivity contribution in [2.24, 2.45) is 5.73 Å². The van der Waals surface area contributed by atoms with Crippen molar-refractivity contribution in [2.45, 2.75) is 45.2 Å². The molecule has 1 unspecified atom stereocenters. The van der Waals surface area contributed by atoms with Gasteiger partial charge < -0.3 is 17.2 Å². The van der Waals surface area contributed by atoms with E-state index in [1.807, 2.05) is 13.8 Å². The predicted molar refractivity (Wildman–Crippen MR) is 63.3 cm³/mol. The van der Waals surface area contributed by atoms with Crippen molar-refractivity contribution in [1.29, 1.82) is 0 Å². The molecular weight excluding hydrogens is 190 g/mol. The third kappa shape index (κ3) is 3.13. The number of nitrogen functional groups attached to an aromatic ring is 2. The van der Waals surface area contributed by atoms with Crippen molar-refractivity contribution >= 4 is 11.5 Å². The zero-order valence-electron chi connectivity index (χ0n) is 9.70. The van der Waals surface area contributed by atoms with Gasteiger partial charge in [-0.05, 0) is 33.6 Å². The highest BCUT2D eigenvalue weighted by molar-refractivity contribution is 5.57. The second-order valence-corrected chi connectivity index (χ2v) is 4.81. The second-order valence-electron chi connectivity index (χ2n) is 4.81. The number of aromatic nitrogens is 2. The number of anilines is 2.